The molecule has 17 N–H and O–H groups in total. The zero-order valence-corrected chi connectivity index (χ0v) is 43.4. The molecule has 0 spiro atoms. The Morgan fingerprint density at radius 1 is 0.795 bits per heavy atom. The topological polar surface area (TPSA) is 522 Å². The van der Waals surface area contributed by atoms with Crippen molar-refractivity contribution in [1.82, 2.24) is 31.6 Å². The van der Waals surface area contributed by atoms with Crippen molar-refractivity contribution in [3.63, 3.8) is 0 Å². The maximum absolute atomic E-state index is 13.1. The second-order valence-electron chi connectivity index (χ2n) is 18.9. The summed E-state index contributed by atoms with van der Waals surface area (Å²) in [6, 6.07) is -5.04. The van der Waals surface area contributed by atoms with Gasteiger partial charge in [0, 0.05) is 78.8 Å². The molecule has 4 saturated heterocycles. The normalized spacial score (nSPS) is 32.8. The van der Waals surface area contributed by atoms with Crippen molar-refractivity contribution in [2.75, 3.05) is 39.2 Å². The highest BCUT2D eigenvalue weighted by molar-refractivity contribution is 8.00. The highest BCUT2D eigenvalue weighted by Gasteiger charge is 2.60. The molecule has 0 aromatic carbocycles. The summed E-state index contributed by atoms with van der Waals surface area (Å²) in [4.78, 5) is 114. The van der Waals surface area contributed by atoms with Gasteiger partial charge >= 0.3 is 17.9 Å². The van der Waals surface area contributed by atoms with E-state index in [1.54, 1.807) is 7.05 Å². The fourth-order valence-corrected chi connectivity index (χ4v) is 10.2. The summed E-state index contributed by atoms with van der Waals surface area (Å²) in [6.07, 6.45) is -21.2. The number of carbonyl (C=O) groups excluding carboxylic acids is 6. The number of imide groups is 1. The predicted octanol–water partition coefficient (Wildman–Crippen LogP) is -7.66. The minimum atomic E-state index is -3.29. The fraction of sp³-hybridized carbons (Fsp3) is 0.750. The Morgan fingerprint density at radius 3 is 1.88 bits per heavy atom. The Balaban J connectivity index is 1.55. The minimum absolute atomic E-state index is 0.0980. The summed E-state index contributed by atoms with van der Waals surface area (Å²) in [5, 5.41) is 139. The second kappa shape index (κ2) is 28.0. The molecule has 4 fully saturated rings. The molecule has 0 bridgehead atoms. The molecule has 0 radical (unpaired) electrons. The number of carboxylic acids is 3. The van der Waals surface area contributed by atoms with E-state index in [0.29, 0.717) is 24.4 Å². The van der Waals surface area contributed by atoms with Gasteiger partial charge in [-0.15, -0.1) is 11.8 Å². The van der Waals surface area contributed by atoms with E-state index >= 15 is 0 Å². The van der Waals surface area contributed by atoms with Crippen molar-refractivity contribution in [2.24, 2.45) is 11.0 Å². The summed E-state index contributed by atoms with van der Waals surface area (Å²) in [5.41, 5.74) is 2.11. The highest BCUT2D eigenvalue weighted by Crippen LogP contribution is 2.39. The third kappa shape index (κ3) is 16.0. The van der Waals surface area contributed by atoms with Crippen LogP contribution in [0.1, 0.15) is 65.7 Å². The lowest BCUT2D eigenvalue weighted by Crippen LogP contribution is -2.70. The maximum Gasteiger partial charge on any atom is 0.364 e. The van der Waals surface area contributed by atoms with E-state index in [1.807, 2.05) is 0 Å². The van der Waals surface area contributed by atoms with Gasteiger partial charge in [-0.3, -0.25) is 39.1 Å². The van der Waals surface area contributed by atoms with Crippen molar-refractivity contribution >= 4 is 77.2 Å². The number of likely N-dealkylation sites (tertiary alicyclic amines) is 1. The van der Waals surface area contributed by atoms with E-state index in [4.69, 9.17) is 29.1 Å². The number of ether oxygens (including phenoxy) is 5. The SMILES string of the molecule is CNC(=N)CCCSC1CC(=O)N(CCC(=O)N/N=C/C2OC(OCC(CO)C(O)C3OC(OC(CO)C(O)C4OC(O)(C(=O)O)CC(O)C4NC(C)=O)(C(=O)O)CC(O)C3NC(C)=O)(C(=O)O)CC(O)C2NC(C)=O)C1=O. The van der Waals surface area contributed by atoms with Gasteiger partial charge in [0.1, 0.15) is 30.5 Å². The van der Waals surface area contributed by atoms with E-state index in [0.717, 1.165) is 31.9 Å². The molecule has 440 valence electrons. The average Bonchev–Trinajstić information content (AvgIpc) is 3.64. The molecule has 0 saturated carbocycles. The van der Waals surface area contributed by atoms with Crippen LogP contribution in [-0.4, -0.2) is 261 Å². The first-order chi connectivity index (χ1) is 36.5. The molecule has 78 heavy (non-hydrogen) atoms. The number of nitrogens with one attached hydrogen (secondary N) is 6. The maximum atomic E-state index is 13.1. The Labute approximate surface area is 447 Å². The number of aliphatic hydroxyl groups excluding tert-OH is 7. The van der Waals surface area contributed by atoms with Gasteiger partial charge in [0.25, 0.3) is 17.4 Å². The van der Waals surface area contributed by atoms with Crippen molar-refractivity contribution in [2.45, 2.75) is 161 Å². The lowest BCUT2D eigenvalue weighted by molar-refractivity contribution is -0.343. The third-order valence-corrected chi connectivity index (χ3v) is 14.3. The number of thioether (sulfide) groups is 1. The Kier molecular flexibility index (Phi) is 23.3. The molecule has 0 aromatic heterocycles. The van der Waals surface area contributed by atoms with Gasteiger partial charge < -0.3 is 101 Å². The van der Waals surface area contributed by atoms with Crippen LogP contribution < -0.4 is 26.7 Å². The molecule has 4 rings (SSSR count). The lowest BCUT2D eigenvalue weighted by atomic mass is 9.85. The molecule has 4 aliphatic heterocycles. The quantitative estimate of drug-likeness (QED) is 0.0119. The van der Waals surface area contributed by atoms with Gasteiger partial charge in [0.2, 0.25) is 35.4 Å². The molecule has 17 atom stereocenters. The highest BCUT2D eigenvalue weighted by atomic mass is 32.2. The Morgan fingerprint density at radius 2 is 1.35 bits per heavy atom. The van der Waals surface area contributed by atoms with E-state index in [2.05, 4.69) is 31.8 Å². The van der Waals surface area contributed by atoms with Crippen LogP contribution >= 0.6 is 11.8 Å². The van der Waals surface area contributed by atoms with Gasteiger partial charge in [-0.05, 0) is 12.2 Å². The largest absolute Gasteiger partial charge is 0.477 e. The number of aliphatic carboxylic acids is 3. The van der Waals surface area contributed by atoms with Gasteiger partial charge in [0.15, 0.2) is 0 Å². The number of amidine groups is 1. The van der Waals surface area contributed by atoms with Crippen molar-refractivity contribution in [3.8, 4) is 0 Å². The number of hydrazone groups is 1. The standard InChI is InChI=1S/C44H68N8O25S/c1-18(55)48-31-23(59)12-43(40(68)69,74-25(31)14-47-51-29(61)7-8-52-30(62)10-27(38(52)65)78-9-5-6-28(45)46-4)73-17-21(15-53)34(63)36-33(50-20(3)57)24(60)13-44(77-36,41(70)71)75-26(16-54)35(64)37-32(49-19(2)56)22(58)11-42(72,76-37)39(66)67/h14,21-27,31-37,53-54,58-60,63-64,72H,5-13,15-17H2,1-4H3,(H2,45,46)(H,48,55)(H,49,56)(H,50,57)(H,51,61)(H,66,67)(H,68,69)(H,70,71)/b47-14+. The van der Waals surface area contributed by atoms with E-state index < -0.39 is 200 Å². The molecule has 34 heteroatoms. The van der Waals surface area contributed by atoms with E-state index in [1.165, 1.54) is 11.8 Å². The van der Waals surface area contributed by atoms with Crippen LogP contribution in [0.5, 0.6) is 0 Å². The number of carboxylic acid groups (broad SMARTS) is 3. The summed E-state index contributed by atoms with van der Waals surface area (Å²) in [7, 11) is 1.61. The molecular weight excluding hydrogens is 1070 g/mol. The molecule has 6 amide bonds. The zero-order chi connectivity index (χ0) is 58.6. The minimum Gasteiger partial charge on any atom is -0.477 e. The summed E-state index contributed by atoms with van der Waals surface area (Å²) in [5.74, 6) is -21.1. The van der Waals surface area contributed by atoms with Gasteiger partial charge in [0.05, 0.1) is 79.7 Å². The van der Waals surface area contributed by atoms with Crippen molar-refractivity contribution < 1.29 is 123 Å². The first-order valence-electron chi connectivity index (χ1n) is 24.2. The second-order valence-corrected chi connectivity index (χ2v) is 20.2. The van der Waals surface area contributed by atoms with Crippen LogP contribution in [-0.2, 0) is 66.8 Å². The van der Waals surface area contributed by atoms with Crippen LogP contribution in [0.15, 0.2) is 5.10 Å². The van der Waals surface area contributed by atoms with Crippen LogP contribution in [0, 0.1) is 11.3 Å². The molecule has 4 aliphatic rings. The number of carbonyl (C=O) groups is 9. The number of aliphatic hydroxyl groups is 8. The average molecular weight is 1140 g/mol. The number of hydrogen-bond acceptors (Lipinski definition) is 25. The number of hydrogen-bond donors (Lipinski definition) is 17. The van der Waals surface area contributed by atoms with E-state index in [-0.39, 0.29) is 13.0 Å². The molecule has 0 aromatic rings. The first-order valence-corrected chi connectivity index (χ1v) is 25.3. The van der Waals surface area contributed by atoms with Crippen molar-refractivity contribution in [3.05, 3.63) is 0 Å². The number of nitrogens with zero attached hydrogens (tertiary/aromatic N) is 2. The van der Waals surface area contributed by atoms with Crippen LogP contribution in [0.25, 0.3) is 0 Å². The molecular formula is C44H68N8O25S. The zero-order valence-electron chi connectivity index (χ0n) is 42.6. The lowest BCUT2D eigenvalue weighted by Gasteiger charge is -2.49. The summed E-state index contributed by atoms with van der Waals surface area (Å²) >= 11 is 1.24. The number of rotatable bonds is 27. The predicted molar refractivity (Wildman–Crippen MR) is 258 cm³/mol. The first kappa shape index (κ1) is 64.9. The molecule has 4 heterocycles. The molecule has 0 aliphatic carbocycles. The van der Waals surface area contributed by atoms with Gasteiger partial charge in [-0.2, -0.15) is 5.10 Å². The van der Waals surface area contributed by atoms with Crippen LogP contribution in [0.2, 0.25) is 0 Å². The van der Waals surface area contributed by atoms with Crippen LogP contribution in [0.4, 0.5) is 0 Å². The van der Waals surface area contributed by atoms with Gasteiger partial charge in [-0.1, -0.05) is 0 Å². The smallest absolute Gasteiger partial charge is 0.364 e. The monoisotopic (exact) mass is 1140 g/mol. The van der Waals surface area contributed by atoms with E-state index in [9.17, 15) is 99.3 Å². The fourth-order valence-electron chi connectivity index (χ4n) is 9.03. The van der Waals surface area contributed by atoms with Crippen molar-refractivity contribution in [1.29, 1.82) is 5.41 Å². The third-order valence-electron chi connectivity index (χ3n) is 13.0. The summed E-state index contributed by atoms with van der Waals surface area (Å²) in [6.45, 7) is -1.10. The Bertz CT molecular complexity index is 2250. The Hall–Kier alpha value is -5.60. The molecule has 33 nitrogen and oxygen atoms in total. The molecule has 17 unspecified atom stereocenters. The number of amides is 6. The van der Waals surface area contributed by atoms with Crippen LogP contribution in [0.3, 0.4) is 0 Å². The van der Waals surface area contributed by atoms with Gasteiger partial charge in [-0.25, -0.2) is 19.8 Å². The summed E-state index contributed by atoms with van der Waals surface area (Å²) < 4.78 is 28.0.